The molecule has 4 aliphatic rings. The molecule has 3 nitrogen and oxygen atoms in total. The zero-order chi connectivity index (χ0) is 19.2. The van der Waals surface area contributed by atoms with E-state index in [1.54, 1.807) is 0 Å². The molecule has 4 fully saturated rings. The molecular formula is C23H42O3. The second-order valence-electron chi connectivity index (χ2n) is 11.3. The van der Waals surface area contributed by atoms with Crippen LogP contribution < -0.4 is 0 Å². The number of hydrogen-bond acceptors (Lipinski definition) is 3. The topological polar surface area (TPSA) is 27.7 Å². The normalized spacial score (nSPS) is 43.7. The summed E-state index contributed by atoms with van der Waals surface area (Å²) in [6, 6.07) is 0. The summed E-state index contributed by atoms with van der Waals surface area (Å²) in [6.07, 6.45) is 8.96. The van der Waals surface area contributed by atoms with Gasteiger partial charge in [-0.15, -0.1) is 0 Å². The molecule has 2 bridgehead atoms. The van der Waals surface area contributed by atoms with Crippen molar-refractivity contribution in [2.45, 2.75) is 111 Å². The Labute approximate surface area is 161 Å². The van der Waals surface area contributed by atoms with Gasteiger partial charge in [0.15, 0.2) is 0 Å². The van der Waals surface area contributed by atoms with Crippen LogP contribution in [-0.2, 0) is 14.5 Å². The molecule has 0 spiro atoms. The molecule has 26 heavy (non-hydrogen) atoms. The maximum atomic E-state index is 6.41. The summed E-state index contributed by atoms with van der Waals surface area (Å²) in [7, 11) is 0. The van der Waals surface area contributed by atoms with Gasteiger partial charge in [-0.25, -0.2) is 9.78 Å². The van der Waals surface area contributed by atoms with Crippen molar-refractivity contribution in [3.8, 4) is 0 Å². The molecule has 5 unspecified atom stereocenters. The Balaban J connectivity index is 1.71. The van der Waals surface area contributed by atoms with Crippen LogP contribution in [0.25, 0.3) is 0 Å². The second-order valence-corrected chi connectivity index (χ2v) is 11.3. The number of fused-ring (bicyclic) bond motifs is 2. The number of rotatable bonds is 7. The molecule has 0 aromatic heterocycles. The lowest BCUT2D eigenvalue weighted by Crippen LogP contribution is -2.62. The molecule has 152 valence electrons. The first kappa shape index (κ1) is 20.6. The molecule has 0 heterocycles. The fraction of sp³-hybridized carbons (Fsp3) is 1.00. The average molecular weight is 367 g/mol. The molecule has 4 rings (SSSR count). The van der Waals surface area contributed by atoms with Gasteiger partial charge in [-0.2, -0.15) is 0 Å². The van der Waals surface area contributed by atoms with Gasteiger partial charge in [0.25, 0.3) is 0 Å². The Morgan fingerprint density at radius 1 is 1.00 bits per heavy atom. The van der Waals surface area contributed by atoms with E-state index in [0.717, 1.165) is 44.6 Å². The summed E-state index contributed by atoms with van der Waals surface area (Å²) in [6.45, 7) is 17.1. The van der Waals surface area contributed by atoms with Gasteiger partial charge in [-0.3, -0.25) is 0 Å². The first-order valence-electron chi connectivity index (χ1n) is 11.0. The molecule has 0 amide bonds. The van der Waals surface area contributed by atoms with Crippen LogP contribution in [0.2, 0.25) is 0 Å². The number of ether oxygens (including phenoxy) is 1. The Morgan fingerprint density at radius 3 is 2.31 bits per heavy atom. The predicted molar refractivity (Wildman–Crippen MR) is 106 cm³/mol. The lowest BCUT2D eigenvalue weighted by atomic mass is 9.44. The minimum Gasteiger partial charge on any atom is -0.347 e. The number of hydrogen-bond donors (Lipinski definition) is 0. The van der Waals surface area contributed by atoms with E-state index < -0.39 is 5.79 Å². The first-order chi connectivity index (χ1) is 12.0. The van der Waals surface area contributed by atoms with Crippen molar-refractivity contribution >= 4 is 0 Å². The molecule has 5 atom stereocenters. The Kier molecular flexibility index (Phi) is 5.58. The van der Waals surface area contributed by atoms with E-state index in [1.807, 2.05) is 0 Å². The van der Waals surface area contributed by atoms with Gasteiger partial charge in [-0.1, -0.05) is 48.0 Å². The second kappa shape index (κ2) is 7.04. The molecule has 0 aromatic carbocycles. The average Bonchev–Trinajstić information content (AvgIpc) is 2.51. The van der Waals surface area contributed by atoms with E-state index in [2.05, 4.69) is 48.5 Å². The molecule has 4 aliphatic carbocycles. The van der Waals surface area contributed by atoms with Crippen LogP contribution >= 0.6 is 0 Å². The first-order valence-corrected chi connectivity index (χ1v) is 11.0. The molecule has 0 aliphatic heterocycles. The van der Waals surface area contributed by atoms with Crippen LogP contribution in [0.1, 0.15) is 99.8 Å². The quantitative estimate of drug-likeness (QED) is 0.222. The Hall–Kier alpha value is -0.120. The van der Waals surface area contributed by atoms with Crippen molar-refractivity contribution in [2.24, 2.45) is 28.6 Å². The van der Waals surface area contributed by atoms with E-state index in [1.165, 1.54) is 19.3 Å². The fourth-order valence-electron chi connectivity index (χ4n) is 6.47. The third-order valence-electron chi connectivity index (χ3n) is 7.75. The standard InChI is InChI=1S/C23H42O3/c1-8-9-12-24-23(15-17(2)14-20(3,4)16-23)26-25-22(7)11-10-18-13-19(22)21(18,5)6/h17-19H,8-16H2,1-7H3. The highest BCUT2D eigenvalue weighted by Crippen LogP contribution is 2.64. The maximum absolute atomic E-state index is 6.41. The summed E-state index contributed by atoms with van der Waals surface area (Å²) in [5.74, 6) is 1.47. The zero-order valence-corrected chi connectivity index (χ0v) is 18.3. The van der Waals surface area contributed by atoms with Crippen LogP contribution in [0.5, 0.6) is 0 Å². The SMILES string of the molecule is CCCCOC1(OOC2(C)CCC3CC2C3(C)C)CC(C)CC(C)(C)C1. The summed E-state index contributed by atoms with van der Waals surface area (Å²) in [5.41, 5.74) is 0.428. The third kappa shape index (κ3) is 3.86. The number of unbranched alkanes of at least 4 members (excludes halogenated alkanes) is 1. The van der Waals surface area contributed by atoms with E-state index in [4.69, 9.17) is 14.5 Å². The summed E-state index contributed by atoms with van der Waals surface area (Å²) in [4.78, 5) is 12.7. The van der Waals surface area contributed by atoms with E-state index in [9.17, 15) is 0 Å². The Morgan fingerprint density at radius 2 is 1.73 bits per heavy atom. The van der Waals surface area contributed by atoms with Gasteiger partial charge < -0.3 is 4.74 Å². The van der Waals surface area contributed by atoms with Crippen molar-refractivity contribution in [1.29, 1.82) is 0 Å². The van der Waals surface area contributed by atoms with E-state index in [0.29, 0.717) is 17.3 Å². The van der Waals surface area contributed by atoms with Crippen LogP contribution in [0.4, 0.5) is 0 Å². The maximum Gasteiger partial charge on any atom is 0.202 e. The monoisotopic (exact) mass is 366 g/mol. The smallest absolute Gasteiger partial charge is 0.202 e. The third-order valence-corrected chi connectivity index (χ3v) is 7.75. The summed E-state index contributed by atoms with van der Waals surface area (Å²) in [5, 5.41) is 0. The highest BCUT2D eigenvalue weighted by Gasteiger charge is 2.61. The van der Waals surface area contributed by atoms with Crippen LogP contribution in [-0.4, -0.2) is 18.0 Å². The van der Waals surface area contributed by atoms with Crippen LogP contribution in [0, 0.1) is 28.6 Å². The van der Waals surface area contributed by atoms with Gasteiger partial charge in [0, 0.05) is 12.8 Å². The minimum atomic E-state index is -0.579. The molecular weight excluding hydrogens is 324 g/mol. The predicted octanol–water partition coefficient (Wildman–Crippen LogP) is 6.51. The van der Waals surface area contributed by atoms with E-state index in [-0.39, 0.29) is 11.0 Å². The Bertz CT molecular complexity index is 498. The van der Waals surface area contributed by atoms with Crippen molar-refractivity contribution < 1.29 is 14.5 Å². The van der Waals surface area contributed by atoms with Gasteiger partial charge >= 0.3 is 0 Å². The molecule has 0 saturated heterocycles. The fourth-order valence-corrected chi connectivity index (χ4v) is 6.47. The molecule has 0 radical (unpaired) electrons. The van der Waals surface area contributed by atoms with Gasteiger partial charge in [0.2, 0.25) is 5.79 Å². The lowest BCUT2D eigenvalue weighted by Gasteiger charge is -2.63. The van der Waals surface area contributed by atoms with E-state index >= 15 is 0 Å². The highest BCUT2D eigenvalue weighted by atomic mass is 17.2. The highest BCUT2D eigenvalue weighted by molar-refractivity contribution is 5.09. The van der Waals surface area contributed by atoms with Crippen LogP contribution in [0.3, 0.4) is 0 Å². The van der Waals surface area contributed by atoms with Crippen molar-refractivity contribution in [3.05, 3.63) is 0 Å². The van der Waals surface area contributed by atoms with Crippen molar-refractivity contribution in [3.63, 3.8) is 0 Å². The van der Waals surface area contributed by atoms with Crippen molar-refractivity contribution in [2.75, 3.05) is 6.61 Å². The summed E-state index contributed by atoms with van der Waals surface area (Å²) >= 11 is 0. The van der Waals surface area contributed by atoms with Crippen LogP contribution in [0.15, 0.2) is 0 Å². The van der Waals surface area contributed by atoms with Gasteiger partial charge in [-0.05, 0) is 67.6 Å². The molecule has 0 aromatic rings. The van der Waals surface area contributed by atoms with Crippen molar-refractivity contribution in [1.82, 2.24) is 0 Å². The van der Waals surface area contributed by atoms with Gasteiger partial charge in [0.1, 0.15) is 5.60 Å². The largest absolute Gasteiger partial charge is 0.347 e. The zero-order valence-electron chi connectivity index (χ0n) is 18.3. The minimum absolute atomic E-state index is 0.176. The molecule has 3 heteroatoms. The lowest BCUT2D eigenvalue weighted by molar-refractivity contribution is -0.494. The summed E-state index contributed by atoms with van der Waals surface area (Å²) < 4.78 is 6.41. The molecule has 0 N–H and O–H groups in total. The molecule has 4 saturated carbocycles. The van der Waals surface area contributed by atoms with Gasteiger partial charge in [0.05, 0.1) is 6.61 Å².